The summed E-state index contributed by atoms with van der Waals surface area (Å²) in [6.45, 7) is 2.75. The lowest BCUT2D eigenvalue weighted by Crippen LogP contribution is -2.43. The summed E-state index contributed by atoms with van der Waals surface area (Å²) in [6, 6.07) is 4.71. The highest BCUT2D eigenvalue weighted by molar-refractivity contribution is 7.09. The van der Waals surface area contributed by atoms with E-state index in [1.54, 1.807) is 11.3 Å². The minimum atomic E-state index is 0.208. The summed E-state index contributed by atoms with van der Waals surface area (Å²) < 4.78 is 0. The normalized spacial score (nSPS) is 23.9. The van der Waals surface area contributed by atoms with Crippen LogP contribution in [-0.4, -0.2) is 29.9 Å². The molecule has 1 saturated carbocycles. The van der Waals surface area contributed by atoms with Crippen molar-refractivity contribution >= 4 is 17.2 Å². The first-order valence-electron chi connectivity index (χ1n) is 6.88. The molecule has 98 valence electrons. The number of rotatable bonds is 4. The van der Waals surface area contributed by atoms with Gasteiger partial charge in [-0.15, -0.1) is 11.3 Å². The van der Waals surface area contributed by atoms with Crippen LogP contribution in [0.25, 0.3) is 0 Å². The third-order valence-corrected chi connectivity index (χ3v) is 4.68. The molecule has 0 aromatic carbocycles. The lowest BCUT2D eigenvalue weighted by Gasteiger charge is -2.29. The van der Waals surface area contributed by atoms with Gasteiger partial charge in [0.1, 0.15) is 0 Å². The van der Waals surface area contributed by atoms with Gasteiger partial charge in [0.2, 0.25) is 5.91 Å². The van der Waals surface area contributed by atoms with Crippen LogP contribution in [0.15, 0.2) is 17.5 Å². The molecular weight excluding hydrogens is 244 g/mol. The Balaban J connectivity index is 1.66. The molecule has 0 unspecified atom stereocenters. The van der Waals surface area contributed by atoms with Gasteiger partial charge in [-0.1, -0.05) is 6.07 Å². The molecular formula is C14H20N2OS. The predicted molar refractivity (Wildman–Crippen MR) is 73.5 cm³/mol. The molecule has 2 heterocycles. The largest absolute Gasteiger partial charge is 0.334 e. The van der Waals surface area contributed by atoms with Gasteiger partial charge in [0.05, 0.1) is 12.5 Å². The van der Waals surface area contributed by atoms with Crippen molar-refractivity contribution in [3.05, 3.63) is 22.4 Å². The standard InChI is InChI=1S/C14H20N2OS/c17-14(11-3-1-7-15-9-11)16(12-5-6-12)10-13-4-2-8-18-13/h2,4,8,11-12,15H,1,3,5-7,9-10H2/t11-/m0/s1. The molecule has 2 fully saturated rings. The van der Waals surface area contributed by atoms with Gasteiger partial charge < -0.3 is 10.2 Å². The quantitative estimate of drug-likeness (QED) is 0.904. The maximum Gasteiger partial charge on any atom is 0.227 e. The van der Waals surface area contributed by atoms with E-state index in [1.165, 1.54) is 17.7 Å². The topological polar surface area (TPSA) is 32.3 Å². The summed E-state index contributed by atoms with van der Waals surface area (Å²) >= 11 is 1.75. The molecule has 2 aliphatic rings. The second-order valence-electron chi connectivity index (χ2n) is 5.32. The average molecular weight is 264 g/mol. The minimum absolute atomic E-state index is 0.208. The Kier molecular flexibility index (Phi) is 3.66. The van der Waals surface area contributed by atoms with E-state index in [0.29, 0.717) is 11.9 Å². The van der Waals surface area contributed by atoms with Gasteiger partial charge in [-0.25, -0.2) is 0 Å². The maximum absolute atomic E-state index is 12.6. The van der Waals surface area contributed by atoms with Crippen LogP contribution < -0.4 is 5.32 Å². The number of hydrogen-bond acceptors (Lipinski definition) is 3. The maximum atomic E-state index is 12.6. The summed E-state index contributed by atoms with van der Waals surface area (Å²) in [6.07, 6.45) is 4.57. The van der Waals surface area contributed by atoms with Crippen molar-refractivity contribution in [1.82, 2.24) is 10.2 Å². The van der Waals surface area contributed by atoms with Gasteiger partial charge in [-0.05, 0) is 43.7 Å². The fourth-order valence-electron chi connectivity index (χ4n) is 2.64. The highest BCUT2D eigenvalue weighted by Crippen LogP contribution is 2.31. The predicted octanol–water partition coefficient (Wildman–Crippen LogP) is 2.24. The first kappa shape index (κ1) is 12.2. The smallest absolute Gasteiger partial charge is 0.227 e. The van der Waals surface area contributed by atoms with Crippen molar-refractivity contribution in [2.75, 3.05) is 13.1 Å². The lowest BCUT2D eigenvalue weighted by molar-refractivity contribution is -0.137. The van der Waals surface area contributed by atoms with E-state index in [9.17, 15) is 4.79 Å². The zero-order chi connectivity index (χ0) is 12.4. The highest BCUT2D eigenvalue weighted by atomic mass is 32.1. The Morgan fingerprint density at radius 1 is 1.44 bits per heavy atom. The molecule has 1 aromatic rings. The van der Waals surface area contributed by atoms with Crippen LogP contribution >= 0.6 is 11.3 Å². The third kappa shape index (κ3) is 2.75. The second-order valence-corrected chi connectivity index (χ2v) is 6.35. The molecule has 0 spiro atoms. The minimum Gasteiger partial charge on any atom is -0.334 e. The Labute approximate surface area is 112 Å². The number of hydrogen-bond donors (Lipinski definition) is 1. The van der Waals surface area contributed by atoms with Gasteiger partial charge >= 0.3 is 0 Å². The van der Waals surface area contributed by atoms with Gasteiger partial charge in [-0.2, -0.15) is 0 Å². The molecule has 1 aromatic heterocycles. The number of nitrogens with one attached hydrogen (secondary N) is 1. The third-order valence-electron chi connectivity index (χ3n) is 3.82. The molecule has 1 aliphatic heterocycles. The number of nitrogens with zero attached hydrogens (tertiary/aromatic N) is 1. The van der Waals surface area contributed by atoms with Crippen molar-refractivity contribution in [2.24, 2.45) is 5.92 Å². The number of amides is 1. The zero-order valence-corrected chi connectivity index (χ0v) is 11.4. The molecule has 0 radical (unpaired) electrons. The Morgan fingerprint density at radius 3 is 2.94 bits per heavy atom. The van der Waals surface area contributed by atoms with E-state index in [2.05, 4.69) is 27.7 Å². The molecule has 1 N–H and O–H groups in total. The number of piperidine rings is 1. The molecule has 3 nitrogen and oxygen atoms in total. The van der Waals surface area contributed by atoms with Crippen molar-refractivity contribution < 1.29 is 4.79 Å². The fraction of sp³-hybridized carbons (Fsp3) is 0.643. The molecule has 4 heteroatoms. The zero-order valence-electron chi connectivity index (χ0n) is 10.6. The molecule has 1 amide bonds. The number of carbonyl (C=O) groups excluding carboxylic acids is 1. The summed E-state index contributed by atoms with van der Waals surface area (Å²) in [5.74, 6) is 0.581. The Morgan fingerprint density at radius 2 is 2.33 bits per heavy atom. The SMILES string of the molecule is O=C([C@H]1CCCNC1)N(Cc1cccs1)C1CC1. The molecule has 1 aliphatic carbocycles. The van der Waals surface area contributed by atoms with Crippen LogP contribution in [0.3, 0.4) is 0 Å². The van der Waals surface area contributed by atoms with Crippen LogP contribution in [0.2, 0.25) is 0 Å². The monoisotopic (exact) mass is 264 g/mol. The first-order valence-corrected chi connectivity index (χ1v) is 7.76. The molecule has 18 heavy (non-hydrogen) atoms. The number of carbonyl (C=O) groups is 1. The van der Waals surface area contributed by atoms with E-state index >= 15 is 0 Å². The van der Waals surface area contributed by atoms with E-state index in [4.69, 9.17) is 0 Å². The van der Waals surface area contributed by atoms with Gasteiger partial charge in [0.25, 0.3) is 0 Å². The van der Waals surface area contributed by atoms with Crippen LogP contribution in [0.4, 0.5) is 0 Å². The molecule has 1 atom stereocenters. The Bertz CT molecular complexity index is 394. The van der Waals surface area contributed by atoms with Crippen LogP contribution in [-0.2, 0) is 11.3 Å². The van der Waals surface area contributed by atoms with Crippen molar-refractivity contribution in [2.45, 2.75) is 38.3 Å². The first-order chi connectivity index (χ1) is 8.84. The highest BCUT2D eigenvalue weighted by Gasteiger charge is 2.36. The van der Waals surface area contributed by atoms with Crippen molar-refractivity contribution in [1.29, 1.82) is 0 Å². The summed E-state index contributed by atoms with van der Waals surface area (Å²) in [7, 11) is 0. The van der Waals surface area contributed by atoms with Crippen molar-refractivity contribution in [3.63, 3.8) is 0 Å². The van der Waals surface area contributed by atoms with Gasteiger partial charge in [-0.3, -0.25) is 4.79 Å². The summed E-state index contributed by atoms with van der Waals surface area (Å²) in [5.41, 5.74) is 0. The van der Waals surface area contributed by atoms with E-state index in [-0.39, 0.29) is 5.92 Å². The van der Waals surface area contributed by atoms with Crippen LogP contribution in [0.1, 0.15) is 30.6 Å². The van der Waals surface area contributed by atoms with E-state index in [1.807, 2.05) is 0 Å². The Hall–Kier alpha value is -0.870. The van der Waals surface area contributed by atoms with E-state index in [0.717, 1.165) is 32.5 Å². The molecule has 0 bridgehead atoms. The average Bonchev–Trinajstić information content (AvgIpc) is 3.13. The lowest BCUT2D eigenvalue weighted by atomic mass is 9.98. The van der Waals surface area contributed by atoms with Crippen LogP contribution in [0.5, 0.6) is 0 Å². The summed E-state index contributed by atoms with van der Waals surface area (Å²) in [4.78, 5) is 16.0. The molecule has 1 saturated heterocycles. The number of thiophene rings is 1. The van der Waals surface area contributed by atoms with E-state index < -0.39 is 0 Å². The second kappa shape index (κ2) is 5.41. The molecule has 3 rings (SSSR count). The van der Waals surface area contributed by atoms with Gasteiger partial charge in [0, 0.05) is 17.5 Å². The van der Waals surface area contributed by atoms with Gasteiger partial charge in [0.15, 0.2) is 0 Å². The van der Waals surface area contributed by atoms with Crippen LogP contribution in [0, 0.1) is 5.92 Å². The summed E-state index contributed by atoms with van der Waals surface area (Å²) in [5, 5.41) is 5.43. The van der Waals surface area contributed by atoms with Crippen molar-refractivity contribution in [3.8, 4) is 0 Å². The fourth-order valence-corrected chi connectivity index (χ4v) is 3.34.